The van der Waals surface area contributed by atoms with E-state index in [-0.39, 0.29) is 31.0 Å². The van der Waals surface area contributed by atoms with E-state index in [4.69, 9.17) is 9.84 Å². The largest absolute Gasteiger partial charge is 0.466 e. The van der Waals surface area contributed by atoms with Crippen LogP contribution < -0.4 is 5.32 Å². The number of nitrogens with zero attached hydrogens (tertiary/aromatic N) is 3. The van der Waals surface area contributed by atoms with Crippen LogP contribution in [0.15, 0.2) is 48.2 Å². The molecule has 1 aromatic carbocycles. The number of hydrogen-bond donors (Lipinski definition) is 2. The summed E-state index contributed by atoms with van der Waals surface area (Å²) >= 11 is 0. The number of anilines is 1. The lowest BCUT2D eigenvalue weighted by Gasteiger charge is -2.15. The first kappa shape index (κ1) is 17.6. The molecule has 0 saturated heterocycles. The Morgan fingerprint density at radius 3 is 2.88 bits per heavy atom. The summed E-state index contributed by atoms with van der Waals surface area (Å²) in [6.07, 6.45) is 4.61. The van der Waals surface area contributed by atoms with Gasteiger partial charge in [-0.25, -0.2) is 14.2 Å². The average Bonchev–Trinajstić information content (AvgIpc) is 3.26. The smallest absolute Gasteiger partial charge is 0.337 e. The molecule has 0 aliphatic carbocycles. The Labute approximate surface area is 148 Å². The van der Waals surface area contributed by atoms with Crippen molar-refractivity contribution in [3.63, 3.8) is 0 Å². The Bertz CT molecular complexity index is 864. The number of aliphatic hydroxyl groups excluding tert-OH is 1. The maximum absolute atomic E-state index is 14.4. The molecule has 1 aliphatic rings. The molecule has 0 bridgehead atoms. The monoisotopic (exact) mass is 360 g/mol. The van der Waals surface area contributed by atoms with Crippen LogP contribution in [0.4, 0.5) is 10.1 Å². The zero-order chi connectivity index (χ0) is 18.7. The van der Waals surface area contributed by atoms with Crippen LogP contribution in [0, 0.1) is 5.82 Å². The molecular weight excluding hydrogens is 343 g/mol. The summed E-state index contributed by atoms with van der Waals surface area (Å²) in [5, 5.41) is 11.9. The van der Waals surface area contributed by atoms with Crippen LogP contribution in [-0.2, 0) is 14.3 Å². The molecule has 2 heterocycles. The van der Waals surface area contributed by atoms with Crippen LogP contribution in [0.5, 0.6) is 0 Å². The maximum atomic E-state index is 14.4. The van der Waals surface area contributed by atoms with Crippen molar-refractivity contribution in [3.05, 3.63) is 54.0 Å². The van der Waals surface area contributed by atoms with Gasteiger partial charge in [-0.3, -0.25) is 4.79 Å². The third kappa shape index (κ3) is 3.29. The zero-order valence-electron chi connectivity index (χ0n) is 14.0. The van der Waals surface area contributed by atoms with E-state index >= 15 is 0 Å². The van der Waals surface area contributed by atoms with E-state index in [2.05, 4.69) is 10.3 Å². The van der Waals surface area contributed by atoms with Crippen molar-refractivity contribution in [2.75, 3.05) is 32.1 Å². The Morgan fingerprint density at radius 1 is 1.46 bits per heavy atom. The lowest BCUT2D eigenvalue weighted by atomic mass is 10.2. The summed E-state index contributed by atoms with van der Waals surface area (Å²) in [7, 11) is 1.21. The Balaban J connectivity index is 1.89. The maximum Gasteiger partial charge on any atom is 0.337 e. The molecule has 3 rings (SSSR count). The van der Waals surface area contributed by atoms with Gasteiger partial charge in [0.25, 0.3) is 5.91 Å². The minimum absolute atomic E-state index is 0.0140. The fourth-order valence-electron chi connectivity index (χ4n) is 2.69. The van der Waals surface area contributed by atoms with Gasteiger partial charge in [0.1, 0.15) is 11.5 Å². The highest BCUT2D eigenvalue weighted by Gasteiger charge is 2.34. The molecule has 0 atom stereocenters. The molecule has 0 saturated carbocycles. The van der Waals surface area contributed by atoms with Crippen molar-refractivity contribution in [1.82, 2.24) is 14.5 Å². The van der Waals surface area contributed by atoms with E-state index in [0.29, 0.717) is 11.4 Å². The number of carbonyl (C=O) groups is 2. The van der Waals surface area contributed by atoms with Crippen LogP contribution in [0.3, 0.4) is 0 Å². The summed E-state index contributed by atoms with van der Waals surface area (Å²) < 4.78 is 20.6. The van der Waals surface area contributed by atoms with Gasteiger partial charge in [-0.1, -0.05) is 0 Å². The van der Waals surface area contributed by atoms with Crippen molar-refractivity contribution in [2.24, 2.45) is 0 Å². The van der Waals surface area contributed by atoms with Crippen LogP contribution >= 0.6 is 0 Å². The first-order chi connectivity index (χ1) is 12.5. The van der Waals surface area contributed by atoms with Gasteiger partial charge in [-0.05, 0) is 18.2 Å². The number of esters is 1. The Morgan fingerprint density at radius 2 is 2.27 bits per heavy atom. The number of ether oxygens (including phenoxy) is 1. The molecule has 26 heavy (non-hydrogen) atoms. The highest BCUT2D eigenvalue weighted by atomic mass is 19.1. The molecular formula is C17H17FN4O4. The van der Waals surface area contributed by atoms with Crippen molar-refractivity contribution in [1.29, 1.82) is 0 Å². The standard InChI is InChI=1S/C17H17FN4O4/c1-26-17(25)12-9-21(6-7-23)16(24)15(12)20-11-2-3-14(13(18)8-11)22-5-4-19-10-22/h2-5,8,10,20,23H,6-7,9H2,1H3. The average molecular weight is 360 g/mol. The third-order valence-electron chi connectivity index (χ3n) is 3.95. The quantitative estimate of drug-likeness (QED) is 0.736. The Hall–Kier alpha value is -3.20. The second-order valence-corrected chi connectivity index (χ2v) is 5.56. The minimum atomic E-state index is -0.656. The number of aromatic nitrogens is 2. The molecule has 1 aliphatic heterocycles. The van der Waals surface area contributed by atoms with E-state index in [1.807, 2.05) is 0 Å². The van der Waals surface area contributed by atoms with Crippen LogP contribution in [0.1, 0.15) is 0 Å². The zero-order valence-corrected chi connectivity index (χ0v) is 14.0. The summed E-state index contributed by atoms with van der Waals surface area (Å²) in [6, 6.07) is 4.34. The number of imidazole rings is 1. The predicted molar refractivity (Wildman–Crippen MR) is 89.9 cm³/mol. The molecule has 0 radical (unpaired) electrons. The SMILES string of the molecule is COC(=O)C1=C(Nc2ccc(-n3ccnc3)c(F)c2)C(=O)N(CCO)C1. The molecule has 0 fully saturated rings. The van der Waals surface area contributed by atoms with Gasteiger partial charge >= 0.3 is 5.97 Å². The van der Waals surface area contributed by atoms with Gasteiger partial charge in [0.05, 0.1) is 37.8 Å². The highest BCUT2D eigenvalue weighted by molar-refractivity contribution is 6.08. The number of aliphatic hydroxyl groups is 1. The number of nitrogens with one attached hydrogen (secondary N) is 1. The molecule has 1 aromatic heterocycles. The second-order valence-electron chi connectivity index (χ2n) is 5.56. The van der Waals surface area contributed by atoms with Gasteiger partial charge in [0.2, 0.25) is 0 Å². The van der Waals surface area contributed by atoms with Crippen LogP contribution in [0.25, 0.3) is 5.69 Å². The number of halogens is 1. The molecule has 0 spiro atoms. The minimum Gasteiger partial charge on any atom is -0.466 e. The summed E-state index contributed by atoms with van der Waals surface area (Å²) in [4.78, 5) is 29.6. The second kappa shape index (κ2) is 7.36. The van der Waals surface area contributed by atoms with E-state index in [1.54, 1.807) is 12.3 Å². The number of β-amino-alcohol motifs (C(OH)–C–C–N with tert-alkyl or cyclic N) is 1. The molecule has 1 amide bonds. The number of carbonyl (C=O) groups excluding carboxylic acids is 2. The first-order valence-electron chi connectivity index (χ1n) is 7.81. The number of methoxy groups -OCH3 is 1. The van der Waals surface area contributed by atoms with Crippen molar-refractivity contribution >= 4 is 17.6 Å². The van der Waals surface area contributed by atoms with Gasteiger partial charge < -0.3 is 24.6 Å². The topological polar surface area (TPSA) is 96.7 Å². The summed E-state index contributed by atoms with van der Waals surface area (Å²) in [5.41, 5.74) is 0.752. The van der Waals surface area contributed by atoms with Gasteiger partial charge in [0, 0.05) is 24.6 Å². The number of hydrogen-bond acceptors (Lipinski definition) is 6. The lowest BCUT2D eigenvalue weighted by Crippen LogP contribution is -2.31. The molecule has 136 valence electrons. The number of rotatable bonds is 6. The van der Waals surface area contributed by atoms with Crippen molar-refractivity contribution in [2.45, 2.75) is 0 Å². The third-order valence-corrected chi connectivity index (χ3v) is 3.95. The van der Waals surface area contributed by atoms with Crippen molar-refractivity contribution in [3.8, 4) is 5.69 Å². The summed E-state index contributed by atoms with van der Waals surface area (Å²) in [5.74, 6) is -1.64. The lowest BCUT2D eigenvalue weighted by molar-refractivity contribution is -0.136. The van der Waals surface area contributed by atoms with Crippen molar-refractivity contribution < 1.29 is 23.8 Å². The van der Waals surface area contributed by atoms with Crippen LogP contribution in [0.2, 0.25) is 0 Å². The molecule has 0 unspecified atom stereocenters. The van der Waals surface area contributed by atoms with E-state index < -0.39 is 17.7 Å². The first-order valence-corrected chi connectivity index (χ1v) is 7.81. The van der Waals surface area contributed by atoms with Gasteiger partial charge in [0.15, 0.2) is 0 Å². The van der Waals surface area contributed by atoms with Gasteiger partial charge in [-0.15, -0.1) is 0 Å². The molecule has 8 nitrogen and oxygen atoms in total. The molecule has 9 heteroatoms. The number of benzene rings is 1. The Kier molecular flexibility index (Phi) is 4.99. The predicted octanol–water partition coefficient (Wildman–Crippen LogP) is 0.685. The van der Waals surface area contributed by atoms with E-state index in [9.17, 15) is 14.0 Å². The molecule has 2 aromatic rings. The van der Waals surface area contributed by atoms with Gasteiger partial charge in [-0.2, -0.15) is 0 Å². The van der Waals surface area contributed by atoms with E-state index in [1.165, 1.54) is 41.2 Å². The fraction of sp³-hybridized carbons (Fsp3) is 0.235. The van der Waals surface area contributed by atoms with E-state index in [0.717, 1.165) is 0 Å². The fourth-order valence-corrected chi connectivity index (χ4v) is 2.69. The van der Waals surface area contributed by atoms with Crippen LogP contribution in [-0.4, -0.2) is 58.2 Å². The number of amides is 1. The summed E-state index contributed by atoms with van der Waals surface area (Å²) in [6.45, 7) is -0.135. The molecule has 2 N–H and O–H groups in total. The normalized spacial score (nSPS) is 14.1. The highest BCUT2D eigenvalue weighted by Crippen LogP contribution is 2.24.